The van der Waals surface area contributed by atoms with Gasteiger partial charge in [-0.25, -0.2) is 0 Å². The lowest BCUT2D eigenvalue weighted by atomic mass is 9.96. The molecule has 0 saturated carbocycles. The Labute approximate surface area is 251 Å². The molecule has 4 aromatic carbocycles. The van der Waals surface area contributed by atoms with Gasteiger partial charge in [-0.15, -0.1) is 0 Å². The van der Waals surface area contributed by atoms with Crippen LogP contribution in [0.5, 0.6) is 23.0 Å². The normalized spacial score (nSPS) is 11.9. The van der Waals surface area contributed by atoms with E-state index in [1.165, 1.54) is 0 Å². The van der Waals surface area contributed by atoms with Gasteiger partial charge < -0.3 is 29.4 Å². The van der Waals surface area contributed by atoms with Gasteiger partial charge in [-0.1, -0.05) is 42.5 Å². The fourth-order valence-electron chi connectivity index (χ4n) is 4.91. The Kier molecular flexibility index (Phi) is 9.78. The molecule has 0 spiro atoms. The van der Waals surface area contributed by atoms with Gasteiger partial charge in [-0.05, 0) is 78.0 Å². The number of benzene rings is 4. The summed E-state index contributed by atoms with van der Waals surface area (Å²) in [4.78, 5) is 10.8. The van der Waals surface area contributed by atoms with Crippen LogP contribution in [0.4, 0.5) is 0 Å². The van der Waals surface area contributed by atoms with Crippen molar-refractivity contribution in [3.63, 3.8) is 0 Å². The van der Waals surface area contributed by atoms with Crippen LogP contribution in [0.3, 0.4) is 0 Å². The standard InChI is InChI=1S/C35H34N2O6/c1-24-29(7-3-8-31(24)27-11-13-32-34(18-27)41-16-15-40-32)23-42-30-12-10-28(21-37-14-4-9-35(38)39)33(19-30)43-22-26-6-2-5-25(17-26)20-36/h2-3,5-8,10-13,17-19,37H,4,9,14-16,21-23H2,1H3,(H,38,39). The van der Waals surface area contributed by atoms with Crippen molar-refractivity contribution in [1.29, 1.82) is 5.26 Å². The minimum atomic E-state index is -0.806. The molecule has 0 aliphatic carbocycles. The van der Waals surface area contributed by atoms with Crippen LogP contribution in [0.1, 0.15) is 40.7 Å². The summed E-state index contributed by atoms with van der Waals surface area (Å²) in [7, 11) is 0. The minimum absolute atomic E-state index is 0.119. The Balaban J connectivity index is 1.30. The van der Waals surface area contributed by atoms with Gasteiger partial charge in [0.05, 0.1) is 11.6 Å². The second-order valence-electron chi connectivity index (χ2n) is 10.3. The summed E-state index contributed by atoms with van der Waals surface area (Å²) in [5, 5.41) is 21.4. The molecule has 8 heteroatoms. The van der Waals surface area contributed by atoms with Gasteiger partial charge in [-0.3, -0.25) is 4.79 Å². The van der Waals surface area contributed by atoms with Gasteiger partial charge in [0.1, 0.15) is 37.9 Å². The Hall–Kier alpha value is -5.00. The monoisotopic (exact) mass is 578 g/mol. The molecule has 0 saturated heterocycles. The number of carboxylic acids is 1. The molecule has 43 heavy (non-hydrogen) atoms. The van der Waals surface area contributed by atoms with E-state index in [-0.39, 0.29) is 6.42 Å². The largest absolute Gasteiger partial charge is 0.489 e. The van der Waals surface area contributed by atoms with E-state index < -0.39 is 5.97 Å². The lowest BCUT2D eigenvalue weighted by Gasteiger charge is -2.20. The summed E-state index contributed by atoms with van der Waals surface area (Å²) < 4.78 is 23.9. The van der Waals surface area contributed by atoms with Crippen molar-refractivity contribution in [1.82, 2.24) is 5.32 Å². The van der Waals surface area contributed by atoms with Crippen molar-refractivity contribution in [2.75, 3.05) is 19.8 Å². The average molecular weight is 579 g/mol. The SMILES string of the molecule is Cc1c(COc2ccc(CNCCCC(=O)O)c(OCc3cccc(C#N)c3)c2)cccc1-c1ccc2c(c1)OCCO2. The fourth-order valence-corrected chi connectivity index (χ4v) is 4.91. The number of rotatable bonds is 13. The molecule has 0 atom stereocenters. The molecule has 8 nitrogen and oxygen atoms in total. The van der Waals surface area contributed by atoms with Crippen LogP contribution in [0.25, 0.3) is 11.1 Å². The summed E-state index contributed by atoms with van der Waals surface area (Å²) >= 11 is 0. The van der Waals surface area contributed by atoms with Crippen LogP contribution in [-0.2, 0) is 24.6 Å². The molecule has 0 fully saturated rings. The first-order valence-electron chi connectivity index (χ1n) is 14.3. The van der Waals surface area contributed by atoms with Gasteiger partial charge in [0.25, 0.3) is 0 Å². The van der Waals surface area contributed by atoms with Gasteiger partial charge in [0.15, 0.2) is 11.5 Å². The summed E-state index contributed by atoms with van der Waals surface area (Å²) in [5.74, 6) is 2.04. The summed E-state index contributed by atoms with van der Waals surface area (Å²) in [6.45, 7) is 4.96. The topological polar surface area (TPSA) is 110 Å². The quantitative estimate of drug-likeness (QED) is 0.175. The number of hydrogen-bond donors (Lipinski definition) is 2. The van der Waals surface area contributed by atoms with E-state index in [0.29, 0.717) is 63.0 Å². The summed E-state index contributed by atoms with van der Waals surface area (Å²) in [6.07, 6.45) is 0.659. The third-order valence-electron chi connectivity index (χ3n) is 7.24. The highest BCUT2D eigenvalue weighted by atomic mass is 16.6. The summed E-state index contributed by atoms with van der Waals surface area (Å²) in [5.41, 5.74) is 6.73. The molecule has 1 heterocycles. The van der Waals surface area contributed by atoms with Gasteiger partial charge >= 0.3 is 5.97 Å². The van der Waals surface area contributed by atoms with Gasteiger partial charge in [-0.2, -0.15) is 5.26 Å². The molecule has 0 unspecified atom stereocenters. The zero-order chi connectivity index (χ0) is 30.0. The van der Waals surface area contributed by atoms with Crippen molar-refractivity contribution < 1.29 is 28.8 Å². The van der Waals surface area contributed by atoms with Gasteiger partial charge in [0, 0.05) is 24.6 Å². The van der Waals surface area contributed by atoms with E-state index in [4.69, 9.17) is 24.1 Å². The zero-order valence-corrected chi connectivity index (χ0v) is 24.1. The van der Waals surface area contributed by atoms with Crippen LogP contribution >= 0.6 is 0 Å². The molecule has 0 amide bonds. The molecule has 4 aromatic rings. The third-order valence-corrected chi connectivity index (χ3v) is 7.24. The number of nitrogens with one attached hydrogen (secondary N) is 1. The van der Waals surface area contributed by atoms with E-state index in [1.807, 2.05) is 60.7 Å². The van der Waals surface area contributed by atoms with E-state index in [0.717, 1.165) is 44.9 Å². The Morgan fingerprint density at radius 2 is 1.77 bits per heavy atom. The number of nitriles is 1. The number of hydrogen-bond acceptors (Lipinski definition) is 7. The molecule has 1 aliphatic rings. The maximum Gasteiger partial charge on any atom is 0.303 e. The molecule has 2 N–H and O–H groups in total. The predicted octanol–water partition coefficient (Wildman–Crippen LogP) is 6.42. The van der Waals surface area contributed by atoms with Crippen molar-refractivity contribution in [2.24, 2.45) is 0 Å². The molecule has 5 rings (SSSR count). The molecule has 0 bridgehead atoms. The first kappa shape index (κ1) is 29.5. The Morgan fingerprint density at radius 1 is 0.930 bits per heavy atom. The fraction of sp³-hybridized carbons (Fsp3) is 0.257. The average Bonchev–Trinajstić information content (AvgIpc) is 3.03. The minimum Gasteiger partial charge on any atom is -0.489 e. The highest BCUT2D eigenvalue weighted by Crippen LogP contribution is 2.36. The van der Waals surface area contributed by atoms with Gasteiger partial charge in [0.2, 0.25) is 0 Å². The van der Waals surface area contributed by atoms with Crippen LogP contribution in [-0.4, -0.2) is 30.8 Å². The Morgan fingerprint density at radius 3 is 2.60 bits per heavy atom. The molecule has 0 radical (unpaired) electrons. The second kappa shape index (κ2) is 14.3. The molecule has 1 aliphatic heterocycles. The van der Waals surface area contributed by atoms with Crippen LogP contribution in [0.15, 0.2) is 78.9 Å². The maximum atomic E-state index is 10.8. The first-order chi connectivity index (χ1) is 21.0. The number of nitrogens with zero attached hydrogens (tertiary/aromatic N) is 1. The number of aliphatic carboxylic acids is 1. The predicted molar refractivity (Wildman–Crippen MR) is 162 cm³/mol. The summed E-state index contributed by atoms with van der Waals surface area (Å²) in [6, 6.07) is 27.4. The molecular weight excluding hydrogens is 544 g/mol. The lowest BCUT2D eigenvalue weighted by molar-refractivity contribution is -0.137. The molecular formula is C35H34N2O6. The van der Waals surface area contributed by atoms with E-state index in [9.17, 15) is 10.1 Å². The van der Waals surface area contributed by atoms with Crippen LogP contribution in [0, 0.1) is 18.3 Å². The highest BCUT2D eigenvalue weighted by molar-refractivity contribution is 5.71. The van der Waals surface area contributed by atoms with Crippen molar-refractivity contribution in [2.45, 2.75) is 39.5 Å². The number of fused-ring (bicyclic) bond motifs is 1. The lowest BCUT2D eigenvalue weighted by Crippen LogP contribution is -2.16. The number of carbonyl (C=O) groups is 1. The van der Waals surface area contributed by atoms with Crippen molar-refractivity contribution in [3.05, 3.63) is 107 Å². The van der Waals surface area contributed by atoms with Crippen LogP contribution < -0.4 is 24.3 Å². The third kappa shape index (κ3) is 7.85. The van der Waals surface area contributed by atoms with E-state index in [2.05, 4.69) is 30.4 Å². The second-order valence-corrected chi connectivity index (χ2v) is 10.3. The maximum absolute atomic E-state index is 10.8. The highest BCUT2D eigenvalue weighted by Gasteiger charge is 2.15. The number of ether oxygens (including phenoxy) is 4. The first-order valence-corrected chi connectivity index (χ1v) is 14.3. The molecule has 220 valence electrons. The zero-order valence-electron chi connectivity index (χ0n) is 24.1. The number of carboxylic acid groups (broad SMARTS) is 1. The van der Waals surface area contributed by atoms with E-state index in [1.54, 1.807) is 6.07 Å². The smallest absolute Gasteiger partial charge is 0.303 e. The van der Waals surface area contributed by atoms with Crippen LogP contribution in [0.2, 0.25) is 0 Å². The van der Waals surface area contributed by atoms with E-state index >= 15 is 0 Å². The molecule has 0 aromatic heterocycles. The van der Waals surface area contributed by atoms with Crippen molar-refractivity contribution in [3.8, 4) is 40.2 Å². The van der Waals surface area contributed by atoms with Crippen molar-refractivity contribution >= 4 is 5.97 Å². The Bertz CT molecular complexity index is 1630.